The van der Waals surface area contributed by atoms with Crippen molar-refractivity contribution in [2.75, 3.05) is 25.5 Å². The maximum absolute atomic E-state index is 13.0. The minimum atomic E-state index is -3.90. The first kappa shape index (κ1) is 22.0. The molecule has 0 aliphatic carbocycles. The van der Waals surface area contributed by atoms with E-state index in [1.54, 1.807) is 27.0 Å². The lowest BCUT2D eigenvalue weighted by molar-refractivity contribution is -0.122. The van der Waals surface area contributed by atoms with E-state index >= 15 is 0 Å². The zero-order valence-electron chi connectivity index (χ0n) is 17.8. The van der Waals surface area contributed by atoms with Gasteiger partial charge in [0.1, 0.15) is 0 Å². The fraction of sp³-hybridized carbons (Fsp3) is 0.364. The van der Waals surface area contributed by atoms with Crippen LogP contribution in [0.3, 0.4) is 0 Å². The fourth-order valence-corrected chi connectivity index (χ4v) is 4.85. The van der Waals surface area contributed by atoms with Crippen molar-refractivity contribution < 1.29 is 18.0 Å². The number of carbonyl (C=O) groups is 2. The highest BCUT2D eigenvalue weighted by molar-refractivity contribution is 7.89. The van der Waals surface area contributed by atoms with E-state index in [-0.39, 0.29) is 23.4 Å². The average molecular weight is 430 g/mol. The average Bonchev–Trinajstić information content (AvgIpc) is 2.88. The molecule has 7 nitrogen and oxygen atoms in total. The molecule has 0 bridgehead atoms. The van der Waals surface area contributed by atoms with Crippen LogP contribution in [0.15, 0.2) is 53.4 Å². The molecule has 160 valence electrons. The van der Waals surface area contributed by atoms with Crippen LogP contribution in [0.5, 0.6) is 0 Å². The van der Waals surface area contributed by atoms with Crippen molar-refractivity contribution in [2.45, 2.75) is 37.1 Å². The van der Waals surface area contributed by atoms with Crippen LogP contribution in [0.1, 0.15) is 37.9 Å². The first-order valence-electron chi connectivity index (χ1n) is 9.69. The Balaban J connectivity index is 1.77. The van der Waals surface area contributed by atoms with Gasteiger partial charge in [-0.3, -0.25) is 9.59 Å². The van der Waals surface area contributed by atoms with Crippen LogP contribution in [-0.4, -0.2) is 45.2 Å². The van der Waals surface area contributed by atoms with E-state index in [4.69, 9.17) is 0 Å². The number of fused-ring (bicyclic) bond motifs is 1. The molecule has 2 aromatic rings. The number of sulfonamides is 1. The number of nitrogens with zero attached hydrogens (tertiary/aromatic N) is 2. The zero-order valence-corrected chi connectivity index (χ0v) is 18.7. The summed E-state index contributed by atoms with van der Waals surface area (Å²) in [7, 11) is -0.851. The van der Waals surface area contributed by atoms with Crippen molar-refractivity contribution >= 4 is 27.5 Å². The molecule has 1 aliphatic rings. The molecule has 2 amide bonds. The van der Waals surface area contributed by atoms with Crippen LogP contribution in [0.4, 0.5) is 5.69 Å². The summed E-state index contributed by atoms with van der Waals surface area (Å²) in [6.45, 7) is 5.09. The number of anilines is 1. The van der Waals surface area contributed by atoms with Gasteiger partial charge in [0.05, 0.1) is 22.9 Å². The fourth-order valence-electron chi connectivity index (χ4n) is 3.69. The number of carbonyl (C=O) groups excluding carboxylic acids is 2. The normalized spacial score (nSPS) is 16.5. The summed E-state index contributed by atoms with van der Waals surface area (Å²) in [6, 6.07) is 13.9. The van der Waals surface area contributed by atoms with E-state index in [1.165, 1.54) is 24.1 Å². The molecule has 1 heterocycles. The SMILES string of the molecule is CC(NC(=O)CN(C)S(=O)(=O)c1ccc2c(c1)C(C)(C)C(=O)N2C)c1ccccc1. The monoisotopic (exact) mass is 429 g/mol. The van der Waals surface area contributed by atoms with Crippen LogP contribution in [0.2, 0.25) is 0 Å². The van der Waals surface area contributed by atoms with E-state index in [0.29, 0.717) is 11.3 Å². The molecule has 2 aromatic carbocycles. The van der Waals surface area contributed by atoms with Crippen molar-refractivity contribution in [3.63, 3.8) is 0 Å². The summed E-state index contributed by atoms with van der Waals surface area (Å²) in [4.78, 5) is 26.5. The van der Waals surface area contributed by atoms with Gasteiger partial charge in [0, 0.05) is 19.8 Å². The first-order chi connectivity index (χ1) is 14.0. The summed E-state index contributed by atoms with van der Waals surface area (Å²) in [5, 5.41) is 2.82. The standard InChI is InChI=1S/C22H27N3O4S/c1-15(16-9-7-6-8-10-16)23-20(26)14-24(4)30(28,29)17-11-12-19-18(13-17)22(2,3)21(27)25(19)5/h6-13,15H,14H2,1-5H3,(H,23,26). The van der Waals surface area contributed by atoms with E-state index in [1.807, 2.05) is 37.3 Å². The third-order valence-electron chi connectivity index (χ3n) is 5.59. The van der Waals surface area contributed by atoms with Crippen LogP contribution >= 0.6 is 0 Å². The molecule has 1 aliphatic heterocycles. The lowest BCUT2D eigenvalue weighted by Gasteiger charge is -2.21. The summed E-state index contributed by atoms with van der Waals surface area (Å²) in [5.41, 5.74) is 1.48. The van der Waals surface area contributed by atoms with Gasteiger partial charge in [0.15, 0.2) is 0 Å². The molecular weight excluding hydrogens is 402 g/mol. The molecule has 3 rings (SSSR count). The Labute approximate surface area is 177 Å². The molecule has 0 radical (unpaired) electrons. The van der Waals surface area contributed by atoms with Crippen molar-refractivity contribution in [1.82, 2.24) is 9.62 Å². The molecule has 8 heteroatoms. The predicted molar refractivity (Wildman–Crippen MR) is 116 cm³/mol. The smallest absolute Gasteiger partial charge is 0.243 e. The first-order valence-corrected chi connectivity index (χ1v) is 11.1. The van der Waals surface area contributed by atoms with Crippen LogP contribution in [0.25, 0.3) is 0 Å². The molecule has 0 aromatic heterocycles. The topological polar surface area (TPSA) is 86.8 Å². The third-order valence-corrected chi connectivity index (χ3v) is 7.39. The second-order valence-corrected chi connectivity index (χ2v) is 10.2. The molecule has 0 saturated heterocycles. The summed E-state index contributed by atoms with van der Waals surface area (Å²) < 4.78 is 27.1. The van der Waals surface area contributed by atoms with Gasteiger partial charge in [-0.05, 0) is 50.1 Å². The number of rotatable bonds is 6. The molecule has 0 saturated carbocycles. The second kappa shape index (κ2) is 7.85. The predicted octanol–water partition coefficient (Wildman–Crippen LogP) is 2.44. The minimum Gasteiger partial charge on any atom is -0.348 e. The Kier molecular flexibility index (Phi) is 5.75. The Morgan fingerprint density at radius 3 is 2.43 bits per heavy atom. The van der Waals surface area contributed by atoms with Gasteiger partial charge in [-0.1, -0.05) is 30.3 Å². The van der Waals surface area contributed by atoms with E-state index in [2.05, 4.69) is 5.32 Å². The largest absolute Gasteiger partial charge is 0.348 e. The van der Waals surface area contributed by atoms with Crippen molar-refractivity contribution in [2.24, 2.45) is 0 Å². The Morgan fingerprint density at radius 2 is 1.80 bits per heavy atom. The highest BCUT2D eigenvalue weighted by atomic mass is 32.2. The van der Waals surface area contributed by atoms with Crippen LogP contribution in [0, 0.1) is 0 Å². The second-order valence-electron chi connectivity index (χ2n) is 8.13. The van der Waals surface area contributed by atoms with E-state index in [0.717, 1.165) is 9.87 Å². The van der Waals surface area contributed by atoms with Crippen molar-refractivity contribution in [1.29, 1.82) is 0 Å². The molecule has 0 spiro atoms. The van der Waals surface area contributed by atoms with Crippen molar-refractivity contribution in [3.8, 4) is 0 Å². The summed E-state index contributed by atoms with van der Waals surface area (Å²) in [6.07, 6.45) is 0. The van der Waals surface area contributed by atoms with Gasteiger partial charge in [0.25, 0.3) is 0 Å². The highest BCUT2D eigenvalue weighted by Gasteiger charge is 2.43. The summed E-state index contributed by atoms with van der Waals surface area (Å²) >= 11 is 0. The molecule has 30 heavy (non-hydrogen) atoms. The minimum absolute atomic E-state index is 0.0591. The van der Waals surface area contributed by atoms with Crippen LogP contribution < -0.4 is 10.2 Å². The van der Waals surface area contributed by atoms with Crippen molar-refractivity contribution in [3.05, 3.63) is 59.7 Å². The highest BCUT2D eigenvalue weighted by Crippen LogP contribution is 2.41. The lowest BCUT2D eigenvalue weighted by atomic mass is 9.86. The Morgan fingerprint density at radius 1 is 1.17 bits per heavy atom. The van der Waals surface area contributed by atoms with Gasteiger partial charge in [0.2, 0.25) is 21.8 Å². The molecule has 1 unspecified atom stereocenters. The zero-order chi connectivity index (χ0) is 22.3. The molecule has 1 N–H and O–H groups in total. The van der Waals surface area contributed by atoms with E-state index in [9.17, 15) is 18.0 Å². The van der Waals surface area contributed by atoms with Gasteiger partial charge < -0.3 is 10.2 Å². The maximum atomic E-state index is 13.0. The van der Waals surface area contributed by atoms with E-state index < -0.39 is 21.3 Å². The maximum Gasteiger partial charge on any atom is 0.243 e. The van der Waals surface area contributed by atoms with Gasteiger partial charge in [-0.15, -0.1) is 0 Å². The number of likely N-dealkylation sites (N-methyl/N-ethyl adjacent to an activating group) is 2. The number of hydrogen-bond acceptors (Lipinski definition) is 4. The van der Waals surface area contributed by atoms with Crippen LogP contribution in [-0.2, 0) is 25.0 Å². The van der Waals surface area contributed by atoms with Gasteiger partial charge in [-0.2, -0.15) is 4.31 Å². The molecular formula is C22H27N3O4S. The number of nitrogens with one attached hydrogen (secondary N) is 1. The third kappa shape index (κ3) is 3.85. The Bertz CT molecular complexity index is 1080. The summed E-state index contributed by atoms with van der Waals surface area (Å²) in [5.74, 6) is -0.483. The number of amides is 2. The van der Waals surface area contributed by atoms with Gasteiger partial charge in [-0.25, -0.2) is 8.42 Å². The van der Waals surface area contributed by atoms with Gasteiger partial charge >= 0.3 is 0 Å². The number of benzene rings is 2. The Hall–Kier alpha value is -2.71. The number of hydrogen-bond donors (Lipinski definition) is 1. The lowest BCUT2D eigenvalue weighted by Crippen LogP contribution is -2.39. The molecule has 1 atom stereocenters. The quantitative estimate of drug-likeness (QED) is 0.764. The molecule has 0 fully saturated rings.